The summed E-state index contributed by atoms with van der Waals surface area (Å²) in [5.74, 6) is 0.586. The zero-order valence-electron chi connectivity index (χ0n) is 17.8. The highest BCUT2D eigenvalue weighted by Gasteiger charge is 2.23. The number of halogens is 2. The molecule has 10 heteroatoms. The number of pyridine rings is 1. The van der Waals surface area contributed by atoms with Crippen LogP contribution in [0, 0.1) is 0 Å². The fourth-order valence-corrected chi connectivity index (χ4v) is 4.16. The van der Waals surface area contributed by atoms with Crippen LogP contribution in [0.3, 0.4) is 0 Å². The topological polar surface area (TPSA) is 88.7 Å². The maximum atomic E-state index is 12.6. The Morgan fingerprint density at radius 3 is 2.88 bits per heavy atom. The van der Waals surface area contributed by atoms with Crippen LogP contribution >= 0.6 is 0 Å². The van der Waals surface area contributed by atoms with Gasteiger partial charge in [0.05, 0.1) is 41.4 Å². The third-order valence-corrected chi connectivity index (χ3v) is 5.91. The SMILES string of the molecule is CC1=Nc2ccc(-c3ccn4nc(NC5CCOCC5)ncc34)nc2CC1NCC(F)F. The molecule has 5 heterocycles. The molecule has 2 aliphatic heterocycles. The minimum Gasteiger partial charge on any atom is -0.381 e. The summed E-state index contributed by atoms with van der Waals surface area (Å²) < 4.78 is 32.4. The lowest BCUT2D eigenvalue weighted by atomic mass is 10.0. The van der Waals surface area contributed by atoms with Gasteiger partial charge >= 0.3 is 0 Å². The van der Waals surface area contributed by atoms with Gasteiger partial charge in [0, 0.05) is 43.1 Å². The second-order valence-corrected chi connectivity index (χ2v) is 8.14. The average Bonchev–Trinajstić information content (AvgIpc) is 3.21. The highest BCUT2D eigenvalue weighted by Crippen LogP contribution is 2.30. The molecule has 0 aromatic carbocycles. The van der Waals surface area contributed by atoms with Crippen LogP contribution in [0.5, 0.6) is 0 Å². The summed E-state index contributed by atoms with van der Waals surface area (Å²) in [6.07, 6.45) is 3.67. The van der Waals surface area contributed by atoms with E-state index in [1.165, 1.54) is 0 Å². The van der Waals surface area contributed by atoms with Crippen LogP contribution in [0.25, 0.3) is 16.8 Å². The summed E-state index contributed by atoms with van der Waals surface area (Å²) in [5.41, 5.74) is 4.90. The van der Waals surface area contributed by atoms with Crippen molar-refractivity contribution < 1.29 is 13.5 Å². The van der Waals surface area contributed by atoms with Crippen LogP contribution in [0.4, 0.5) is 20.4 Å². The minimum absolute atomic E-state index is 0.243. The van der Waals surface area contributed by atoms with Crippen LogP contribution in [0.2, 0.25) is 0 Å². The summed E-state index contributed by atoms with van der Waals surface area (Å²) >= 11 is 0. The van der Waals surface area contributed by atoms with E-state index in [1.807, 2.05) is 31.3 Å². The third-order valence-electron chi connectivity index (χ3n) is 5.91. The Kier molecular flexibility index (Phi) is 5.79. The molecular formula is C22H25F2N7O. The smallest absolute Gasteiger partial charge is 0.250 e. The van der Waals surface area contributed by atoms with E-state index in [2.05, 4.69) is 25.7 Å². The number of nitrogens with zero attached hydrogens (tertiary/aromatic N) is 5. The summed E-state index contributed by atoms with van der Waals surface area (Å²) in [6.45, 7) is 2.99. The van der Waals surface area contributed by atoms with Crippen molar-refractivity contribution in [3.05, 3.63) is 36.3 Å². The van der Waals surface area contributed by atoms with Crippen molar-refractivity contribution in [2.45, 2.75) is 44.7 Å². The lowest BCUT2D eigenvalue weighted by molar-refractivity contribution is 0.0903. The molecule has 5 rings (SSSR count). The molecule has 0 radical (unpaired) electrons. The van der Waals surface area contributed by atoms with Crippen molar-refractivity contribution in [3.63, 3.8) is 0 Å². The first-order chi connectivity index (χ1) is 15.6. The highest BCUT2D eigenvalue weighted by atomic mass is 19.3. The summed E-state index contributed by atoms with van der Waals surface area (Å²) in [4.78, 5) is 13.9. The Labute approximate surface area is 184 Å². The summed E-state index contributed by atoms with van der Waals surface area (Å²) in [5, 5.41) is 10.8. The van der Waals surface area contributed by atoms with E-state index in [-0.39, 0.29) is 12.6 Å². The van der Waals surface area contributed by atoms with Crippen molar-refractivity contribution >= 4 is 22.9 Å². The van der Waals surface area contributed by atoms with Crippen molar-refractivity contribution in [1.82, 2.24) is 24.9 Å². The number of nitrogens with one attached hydrogen (secondary N) is 2. The third kappa shape index (κ3) is 4.33. The minimum atomic E-state index is -2.40. The molecular weight excluding hydrogens is 416 g/mol. The monoisotopic (exact) mass is 441 g/mol. The van der Waals surface area contributed by atoms with Gasteiger partial charge in [-0.2, -0.15) is 0 Å². The van der Waals surface area contributed by atoms with Crippen molar-refractivity contribution in [2.24, 2.45) is 4.99 Å². The van der Waals surface area contributed by atoms with E-state index >= 15 is 0 Å². The van der Waals surface area contributed by atoms with E-state index in [1.54, 1.807) is 10.7 Å². The first-order valence-electron chi connectivity index (χ1n) is 10.8. The summed E-state index contributed by atoms with van der Waals surface area (Å²) in [7, 11) is 0. The Balaban J connectivity index is 1.38. The lowest BCUT2D eigenvalue weighted by Gasteiger charge is -2.23. The molecule has 1 unspecified atom stereocenters. The Bertz CT molecular complexity index is 1140. The number of anilines is 1. The van der Waals surface area contributed by atoms with Gasteiger partial charge < -0.3 is 15.4 Å². The number of hydrogen-bond donors (Lipinski definition) is 2. The van der Waals surface area contributed by atoms with Gasteiger partial charge in [0.1, 0.15) is 0 Å². The van der Waals surface area contributed by atoms with E-state index < -0.39 is 6.43 Å². The fraction of sp³-hybridized carbons (Fsp3) is 0.455. The normalized spacial score (nSPS) is 19.2. The largest absolute Gasteiger partial charge is 0.381 e. The van der Waals surface area contributed by atoms with Crippen LogP contribution in [0.15, 0.2) is 35.6 Å². The second-order valence-electron chi connectivity index (χ2n) is 8.14. The van der Waals surface area contributed by atoms with E-state index in [0.717, 1.165) is 59.9 Å². The number of aliphatic imine (C=N–C) groups is 1. The highest BCUT2D eigenvalue weighted by molar-refractivity contribution is 5.92. The molecule has 0 spiro atoms. The van der Waals surface area contributed by atoms with E-state index in [4.69, 9.17) is 9.72 Å². The van der Waals surface area contributed by atoms with Gasteiger partial charge in [0.25, 0.3) is 6.43 Å². The molecule has 2 aliphatic rings. The Morgan fingerprint density at radius 2 is 2.06 bits per heavy atom. The molecule has 0 aliphatic carbocycles. The maximum absolute atomic E-state index is 12.6. The standard InChI is InChI=1S/C22H25F2N7O/c1-13-18(25-12-21(23)24)10-19-17(27-13)3-2-16(29-19)15-4-7-31-20(15)11-26-22(30-31)28-14-5-8-32-9-6-14/h2-4,7,11,14,18,21,25H,5-6,8-10,12H2,1H3,(H,28,30). The van der Waals surface area contributed by atoms with Gasteiger partial charge in [0.15, 0.2) is 0 Å². The number of fused-ring (bicyclic) bond motifs is 2. The van der Waals surface area contributed by atoms with E-state index in [9.17, 15) is 8.78 Å². The number of rotatable bonds is 6. The molecule has 3 aromatic rings. The predicted octanol–water partition coefficient (Wildman–Crippen LogP) is 3.25. The van der Waals surface area contributed by atoms with Crippen molar-refractivity contribution in [2.75, 3.05) is 25.1 Å². The average molecular weight is 441 g/mol. The van der Waals surface area contributed by atoms with Gasteiger partial charge in [-0.15, -0.1) is 5.10 Å². The molecule has 0 bridgehead atoms. The van der Waals surface area contributed by atoms with Gasteiger partial charge in [-0.1, -0.05) is 0 Å². The Hall–Kier alpha value is -2.98. The predicted molar refractivity (Wildman–Crippen MR) is 118 cm³/mol. The number of ether oxygens (including phenoxy) is 1. The van der Waals surface area contributed by atoms with Crippen LogP contribution in [-0.2, 0) is 11.2 Å². The Morgan fingerprint density at radius 1 is 1.22 bits per heavy atom. The quantitative estimate of drug-likeness (QED) is 0.611. The number of hydrogen-bond acceptors (Lipinski definition) is 7. The molecule has 0 saturated carbocycles. The van der Waals surface area contributed by atoms with Crippen molar-refractivity contribution in [1.29, 1.82) is 0 Å². The molecule has 3 aromatic heterocycles. The molecule has 0 amide bonds. The molecule has 2 N–H and O–H groups in total. The van der Waals surface area contributed by atoms with Crippen molar-refractivity contribution in [3.8, 4) is 11.3 Å². The van der Waals surface area contributed by atoms with Crippen LogP contribution in [-0.4, -0.2) is 63.6 Å². The first-order valence-corrected chi connectivity index (χ1v) is 10.8. The zero-order valence-corrected chi connectivity index (χ0v) is 17.8. The molecule has 168 valence electrons. The van der Waals surface area contributed by atoms with Crippen LogP contribution < -0.4 is 10.6 Å². The molecule has 1 atom stereocenters. The molecule has 32 heavy (non-hydrogen) atoms. The number of aromatic nitrogens is 4. The molecule has 1 saturated heterocycles. The van der Waals surface area contributed by atoms with Gasteiger partial charge in [-0.05, 0) is 38.0 Å². The maximum Gasteiger partial charge on any atom is 0.250 e. The summed E-state index contributed by atoms with van der Waals surface area (Å²) in [6, 6.07) is 5.88. The first kappa shape index (κ1) is 20.9. The molecule has 1 fully saturated rings. The second kappa shape index (κ2) is 8.87. The van der Waals surface area contributed by atoms with Gasteiger partial charge in [0.2, 0.25) is 5.95 Å². The molecule has 8 nitrogen and oxygen atoms in total. The number of alkyl halides is 2. The fourth-order valence-electron chi connectivity index (χ4n) is 4.16. The lowest BCUT2D eigenvalue weighted by Crippen LogP contribution is -2.41. The van der Waals surface area contributed by atoms with E-state index in [0.29, 0.717) is 18.4 Å². The van der Waals surface area contributed by atoms with Gasteiger partial charge in [-0.3, -0.25) is 9.98 Å². The van der Waals surface area contributed by atoms with Crippen LogP contribution in [0.1, 0.15) is 25.5 Å². The van der Waals surface area contributed by atoms with Gasteiger partial charge in [-0.25, -0.2) is 18.3 Å². The zero-order chi connectivity index (χ0) is 22.1.